The van der Waals surface area contributed by atoms with Gasteiger partial charge in [0.2, 0.25) is 16.9 Å². The van der Waals surface area contributed by atoms with E-state index < -0.39 is 5.92 Å². The molecule has 1 unspecified atom stereocenters. The number of ether oxygens (including phenoxy) is 1. The highest BCUT2D eigenvalue weighted by atomic mass is 32.1. The van der Waals surface area contributed by atoms with Crippen LogP contribution < -0.4 is 10.2 Å². The van der Waals surface area contributed by atoms with E-state index in [9.17, 15) is 9.59 Å². The third kappa shape index (κ3) is 3.85. The second-order valence-corrected chi connectivity index (χ2v) is 7.16. The summed E-state index contributed by atoms with van der Waals surface area (Å²) in [6.07, 6.45) is 0.197. The SMILES string of the molecule is COCc1nnc(NC(=O)C2CC(=O)N(c3ccc(C)c(C)c3)C2)s1. The van der Waals surface area contributed by atoms with Crippen LogP contribution >= 0.6 is 11.3 Å². The minimum Gasteiger partial charge on any atom is -0.377 e. The van der Waals surface area contributed by atoms with Crippen molar-refractivity contribution in [2.24, 2.45) is 5.92 Å². The van der Waals surface area contributed by atoms with Crippen molar-refractivity contribution in [3.63, 3.8) is 0 Å². The summed E-state index contributed by atoms with van der Waals surface area (Å²) in [4.78, 5) is 26.4. The zero-order chi connectivity index (χ0) is 18.0. The summed E-state index contributed by atoms with van der Waals surface area (Å²) in [5, 5.41) is 11.7. The Morgan fingerprint density at radius 1 is 1.36 bits per heavy atom. The maximum atomic E-state index is 12.4. The normalized spacial score (nSPS) is 17.2. The molecular formula is C17H20N4O3S. The number of rotatable bonds is 5. The van der Waals surface area contributed by atoms with E-state index in [1.165, 1.54) is 16.9 Å². The van der Waals surface area contributed by atoms with E-state index in [-0.39, 0.29) is 18.2 Å². The van der Waals surface area contributed by atoms with Gasteiger partial charge >= 0.3 is 0 Å². The summed E-state index contributed by atoms with van der Waals surface area (Å²) >= 11 is 1.27. The minimum absolute atomic E-state index is 0.0410. The number of aryl methyl sites for hydroxylation is 2. The van der Waals surface area contributed by atoms with Crippen LogP contribution in [0.25, 0.3) is 0 Å². The van der Waals surface area contributed by atoms with Crippen LogP contribution in [0.3, 0.4) is 0 Å². The van der Waals surface area contributed by atoms with Gasteiger partial charge in [0.15, 0.2) is 0 Å². The Kier molecular flexibility index (Phi) is 5.10. The number of amides is 2. The fourth-order valence-corrected chi connectivity index (χ4v) is 3.43. The third-order valence-corrected chi connectivity index (χ3v) is 5.07. The Bertz CT molecular complexity index is 805. The van der Waals surface area contributed by atoms with E-state index in [0.29, 0.717) is 23.3 Å². The summed E-state index contributed by atoms with van der Waals surface area (Å²) in [7, 11) is 1.57. The van der Waals surface area contributed by atoms with Crippen LogP contribution in [0.15, 0.2) is 18.2 Å². The molecule has 2 heterocycles. The maximum Gasteiger partial charge on any atom is 0.231 e. The number of aromatic nitrogens is 2. The Morgan fingerprint density at radius 3 is 2.88 bits per heavy atom. The van der Waals surface area contributed by atoms with Crippen molar-refractivity contribution >= 4 is 34.0 Å². The van der Waals surface area contributed by atoms with E-state index in [1.54, 1.807) is 12.0 Å². The Balaban J connectivity index is 1.66. The van der Waals surface area contributed by atoms with E-state index >= 15 is 0 Å². The van der Waals surface area contributed by atoms with Crippen LogP contribution in [0.1, 0.15) is 22.6 Å². The molecular weight excluding hydrogens is 340 g/mol. The van der Waals surface area contributed by atoms with Gasteiger partial charge in [0.1, 0.15) is 11.6 Å². The van der Waals surface area contributed by atoms with Crippen molar-refractivity contribution in [1.29, 1.82) is 0 Å². The number of nitrogens with zero attached hydrogens (tertiary/aromatic N) is 3. The first-order chi connectivity index (χ1) is 12.0. The number of hydrogen-bond donors (Lipinski definition) is 1. The molecule has 1 aromatic heterocycles. The number of anilines is 2. The van der Waals surface area contributed by atoms with E-state index in [2.05, 4.69) is 15.5 Å². The summed E-state index contributed by atoms with van der Waals surface area (Å²) in [6.45, 7) is 4.77. The number of carbonyl (C=O) groups is 2. The molecule has 7 nitrogen and oxygen atoms in total. The fraction of sp³-hybridized carbons (Fsp3) is 0.412. The molecule has 1 atom stereocenters. The minimum atomic E-state index is -0.399. The first-order valence-electron chi connectivity index (χ1n) is 7.97. The number of hydrogen-bond acceptors (Lipinski definition) is 6. The Morgan fingerprint density at radius 2 is 2.16 bits per heavy atom. The highest BCUT2D eigenvalue weighted by Gasteiger charge is 2.35. The van der Waals surface area contributed by atoms with Crippen molar-refractivity contribution in [3.05, 3.63) is 34.3 Å². The standard InChI is InChI=1S/C17H20N4O3S/c1-10-4-5-13(6-11(10)2)21-8-12(7-15(21)22)16(23)18-17-20-19-14(25-17)9-24-3/h4-6,12H,7-9H2,1-3H3,(H,18,20,23). The quantitative estimate of drug-likeness (QED) is 0.884. The molecule has 0 radical (unpaired) electrons. The van der Waals surface area contributed by atoms with Crippen LogP contribution in [0, 0.1) is 19.8 Å². The largest absolute Gasteiger partial charge is 0.377 e. The topological polar surface area (TPSA) is 84.4 Å². The van der Waals surface area contributed by atoms with Crippen LogP contribution in [-0.4, -0.2) is 35.7 Å². The molecule has 8 heteroatoms. The van der Waals surface area contributed by atoms with Crippen molar-refractivity contribution in [2.75, 3.05) is 23.9 Å². The van der Waals surface area contributed by atoms with Crippen molar-refractivity contribution < 1.29 is 14.3 Å². The zero-order valence-corrected chi connectivity index (χ0v) is 15.2. The van der Waals surface area contributed by atoms with Gasteiger partial charge in [0.05, 0.1) is 5.92 Å². The smallest absolute Gasteiger partial charge is 0.231 e. The van der Waals surface area contributed by atoms with Gasteiger partial charge in [-0.3, -0.25) is 9.59 Å². The average Bonchev–Trinajstić information content (AvgIpc) is 3.17. The summed E-state index contributed by atoms with van der Waals surface area (Å²) in [5.41, 5.74) is 3.13. The van der Waals surface area contributed by atoms with E-state index in [4.69, 9.17) is 4.74 Å². The van der Waals surface area contributed by atoms with Gasteiger partial charge in [-0.05, 0) is 37.1 Å². The van der Waals surface area contributed by atoms with Crippen molar-refractivity contribution in [1.82, 2.24) is 10.2 Å². The van der Waals surface area contributed by atoms with Crippen LogP contribution in [0.5, 0.6) is 0 Å². The van der Waals surface area contributed by atoms with Crippen molar-refractivity contribution in [3.8, 4) is 0 Å². The number of benzene rings is 1. The van der Waals surface area contributed by atoms with Crippen LogP contribution in [-0.2, 0) is 20.9 Å². The molecule has 1 saturated heterocycles. The van der Waals surface area contributed by atoms with E-state index in [0.717, 1.165) is 11.3 Å². The van der Waals surface area contributed by atoms with Crippen molar-refractivity contribution in [2.45, 2.75) is 26.9 Å². The summed E-state index contributed by atoms with van der Waals surface area (Å²) in [6, 6.07) is 5.89. The van der Waals surface area contributed by atoms with Gasteiger partial charge in [-0.15, -0.1) is 10.2 Å². The highest BCUT2D eigenvalue weighted by Crippen LogP contribution is 2.28. The lowest BCUT2D eigenvalue weighted by atomic mass is 10.1. The lowest BCUT2D eigenvalue weighted by Gasteiger charge is -2.17. The van der Waals surface area contributed by atoms with E-state index in [1.807, 2.05) is 32.0 Å². The van der Waals surface area contributed by atoms with Crippen LogP contribution in [0.4, 0.5) is 10.8 Å². The van der Waals surface area contributed by atoms with Gasteiger partial charge < -0.3 is 15.0 Å². The molecule has 25 heavy (non-hydrogen) atoms. The molecule has 2 amide bonds. The highest BCUT2D eigenvalue weighted by molar-refractivity contribution is 7.15. The van der Waals surface area contributed by atoms with Gasteiger partial charge in [-0.25, -0.2) is 0 Å². The molecule has 132 valence electrons. The fourth-order valence-electron chi connectivity index (χ4n) is 2.72. The molecule has 0 saturated carbocycles. The van der Waals surface area contributed by atoms with Gasteiger partial charge in [-0.2, -0.15) is 0 Å². The first kappa shape index (κ1) is 17.5. The third-order valence-electron chi connectivity index (χ3n) is 4.26. The molecule has 3 rings (SSSR count). The molecule has 0 aliphatic carbocycles. The Hall–Kier alpha value is -2.32. The molecule has 1 aliphatic rings. The number of nitrogens with one attached hydrogen (secondary N) is 1. The second-order valence-electron chi connectivity index (χ2n) is 6.10. The number of methoxy groups -OCH3 is 1. The lowest BCUT2D eigenvalue weighted by molar-refractivity contribution is -0.122. The second kappa shape index (κ2) is 7.28. The monoisotopic (exact) mass is 360 g/mol. The van der Waals surface area contributed by atoms with Crippen LogP contribution in [0.2, 0.25) is 0 Å². The molecule has 2 aromatic rings. The molecule has 1 aliphatic heterocycles. The molecule has 1 fully saturated rings. The first-order valence-corrected chi connectivity index (χ1v) is 8.79. The summed E-state index contributed by atoms with van der Waals surface area (Å²) in [5.74, 6) is -0.649. The van der Waals surface area contributed by atoms with Gasteiger partial charge in [0.25, 0.3) is 0 Å². The molecule has 1 N–H and O–H groups in total. The lowest BCUT2D eigenvalue weighted by Crippen LogP contribution is -2.28. The maximum absolute atomic E-state index is 12.4. The summed E-state index contributed by atoms with van der Waals surface area (Å²) < 4.78 is 4.98. The Labute approximate surface area is 150 Å². The van der Waals surface area contributed by atoms with Gasteiger partial charge in [0, 0.05) is 25.8 Å². The van der Waals surface area contributed by atoms with Gasteiger partial charge in [-0.1, -0.05) is 17.4 Å². The average molecular weight is 360 g/mol. The number of carbonyl (C=O) groups excluding carboxylic acids is 2. The molecule has 1 aromatic carbocycles. The predicted octanol–water partition coefficient (Wildman–Crippen LogP) is 2.29. The molecule has 0 bridgehead atoms. The zero-order valence-electron chi connectivity index (χ0n) is 14.4. The predicted molar refractivity (Wildman–Crippen MR) is 95.6 cm³/mol. The molecule has 0 spiro atoms.